The van der Waals surface area contributed by atoms with Gasteiger partial charge in [0.1, 0.15) is 0 Å². The largest absolute Gasteiger partial charge is 0.264 e. The topological polar surface area (TPSA) is 12.9 Å². The molecule has 0 saturated heterocycles. The van der Waals surface area contributed by atoms with Crippen LogP contribution < -0.4 is 0 Å². The van der Waals surface area contributed by atoms with Gasteiger partial charge in [-0.05, 0) is 47.3 Å². The fourth-order valence-electron chi connectivity index (χ4n) is 2.49. The van der Waals surface area contributed by atoms with Crippen LogP contribution in [-0.2, 0) is 18.3 Å². The van der Waals surface area contributed by atoms with Crippen LogP contribution in [0.3, 0.4) is 0 Å². The van der Waals surface area contributed by atoms with Crippen LogP contribution in [0.5, 0.6) is 0 Å². The van der Waals surface area contributed by atoms with Crippen LogP contribution in [0.15, 0.2) is 12.4 Å². The van der Waals surface area contributed by atoms with Crippen LogP contribution in [-0.4, -0.2) is 4.98 Å². The molecule has 0 amide bonds. The lowest BCUT2D eigenvalue weighted by molar-refractivity contribution is 0.483. The van der Waals surface area contributed by atoms with Crippen molar-refractivity contribution in [3.63, 3.8) is 0 Å². The highest BCUT2D eigenvalue weighted by molar-refractivity contribution is 5.38. The zero-order valence-electron chi connectivity index (χ0n) is 10.3. The van der Waals surface area contributed by atoms with Gasteiger partial charge >= 0.3 is 0 Å². The minimum absolute atomic E-state index is 0.232. The molecule has 1 aromatic heterocycles. The zero-order chi connectivity index (χ0) is 11.1. The van der Waals surface area contributed by atoms with Gasteiger partial charge in [-0.2, -0.15) is 0 Å². The van der Waals surface area contributed by atoms with Crippen molar-refractivity contribution in [1.29, 1.82) is 0 Å². The standard InChI is InChI=1S/C14H21N/c1-10-5-6-11-8-15-9-13(12(11)7-10)14(2,3)4/h8-10H,5-7H2,1-4H3. The molecule has 1 atom stereocenters. The number of fused-ring (bicyclic) bond motifs is 1. The Morgan fingerprint density at radius 1 is 1.27 bits per heavy atom. The molecule has 1 nitrogen and oxygen atoms in total. The second kappa shape index (κ2) is 3.62. The minimum Gasteiger partial charge on any atom is -0.264 e. The molecule has 0 fully saturated rings. The smallest absolute Gasteiger partial charge is 0.0308 e. The third-order valence-electron chi connectivity index (χ3n) is 3.41. The van der Waals surface area contributed by atoms with Gasteiger partial charge in [-0.1, -0.05) is 27.7 Å². The quantitative estimate of drug-likeness (QED) is 0.629. The first kappa shape index (κ1) is 10.7. The first-order valence-corrected chi connectivity index (χ1v) is 5.94. The fourth-order valence-corrected chi connectivity index (χ4v) is 2.49. The van der Waals surface area contributed by atoms with Gasteiger partial charge in [0.05, 0.1) is 0 Å². The summed E-state index contributed by atoms with van der Waals surface area (Å²) in [5, 5.41) is 0. The zero-order valence-corrected chi connectivity index (χ0v) is 10.3. The van der Waals surface area contributed by atoms with E-state index in [1.165, 1.54) is 30.4 Å². The van der Waals surface area contributed by atoms with Crippen LogP contribution in [0.1, 0.15) is 50.8 Å². The SMILES string of the molecule is CC1CCc2cncc(C(C)(C)C)c2C1. The molecule has 0 radical (unpaired) electrons. The van der Waals surface area contributed by atoms with Gasteiger partial charge < -0.3 is 0 Å². The van der Waals surface area contributed by atoms with Crippen molar-refractivity contribution < 1.29 is 0 Å². The van der Waals surface area contributed by atoms with E-state index in [4.69, 9.17) is 0 Å². The maximum absolute atomic E-state index is 4.39. The molecular weight excluding hydrogens is 182 g/mol. The summed E-state index contributed by atoms with van der Waals surface area (Å²) in [6, 6.07) is 0. The van der Waals surface area contributed by atoms with E-state index in [-0.39, 0.29) is 5.41 Å². The van der Waals surface area contributed by atoms with Crippen molar-refractivity contribution in [1.82, 2.24) is 4.98 Å². The van der Waals surface area contributed by atoms with Crippen molar-refractivity contribution >= 4 is 0 Å². The van der Waals surface area contributed by atoms with Crippen LogP contribution in [0.2, 0.25) is 0 Å². The normalized spacial score (nSPS) is 21.2. The highest BCUT2D eigenvalue weighted by Gasteiger charge is 2.24. The van der Waals surface area contributed by atoms with Crippen molar-refractivity contribution in [2.75, 3.05) is 0 Å². The van der Waals surface area contributed by atoms with Crippen LogP contribution in [0, 0.1) is 5.92 Å². The van der Waals surface area contributed by atoms with E-state index in [2.05, 4.69) is 45.1 Å². The molecule has 1 aromatic rings. The van der Waals surface area contributed by atoms with Crippen molar-refractivity contribution in [2.45, 2.75) is 52.4 Å². The van der Waals surface area contributed by atoms with Crippen LogP contribution in [0.25, 0.3) is 0 Å². The fraction of sp³-hybridized carbons (Fsp3) is 0.643. The van der Waals surface area contributed by atoms with Gasteiger partial charge in [-0.15, -0.1) is 0 Å². The monoisotopic (exact) mass is 203 g/mol. The Morgan fingerprint density at radius 2 is 2.00 bits per heavy atom. The molecule has 1 aliphatic rings. The van der Waals surface area contributed by atoms with Crippen LogP contribution >= 0.6 is 0 Å². The minimum atomic E-state index is 0.232. The van der Waals surface area contributed by atoms with Crippen molar-refractivity contribution in [3.8, 4) is 0 Å². The molecule has 0 N–H and O–H groups in total. The molecule has 0 bridgehead atoms. The highest BCUT2D eigenvalue weighted by Crippen LogP contribution is 2.33. The van der Waals surface area contributed by atoms with E-state index in [9.17, 15) is 0 Å². The lowest BCUT2D eigenvalue weighted by Crippen LogP contribution is -2.21. The summed E-state index contributed by atoms with van der Waals surface area (Å²) in [7, 11) is 0. The van der Waals surface area contributed by atoms with E-state index < -0.39 is 0 Å². The van der Waals surface area contributed by atoms with E-state index in [0.717, 1.165) is 5.92 Å². The molecular formula is C14H21N. The summed E-state index contributed by atoms with van der Waals surface area (Å²) in [5.41, 5.74) is 4.75. The van der Waals surface area contributed by atoms with Crippen LogP contribution in [0.4, 0.5) is 0 Å². The lowest BCUT2D eigenvalue weighted by Gasteiger charge is -2.29. The molecule has 0 aliphatic heterocycles. The van der Waals surface area contributed by atoms with E-state index >= 15 is 0 Å². The summed E-state index contributed by atoms with van der Waals surface area (Å²) in [4.78, 5) is 4.39. The molecule has 0 spiro atoms. The van der Waals surface area contributed by atoms with Gasteiger partial charge in [0.25, 0.3) is 0 Å². The Balaban J connectivity index is 2.49. The molecule has 82 valence electrons. The molecule has 1 aliphatic carbocycles. The lowest BCUT2D eigenvalue weighted by atomic mass is 9.77. The first-order chi connectivity index (χ1) is 6.98. The summed E-state index contributed by atoms with van der Waals surface area (Å²) >= 11 is 0. The van der Waals surface area contributed by atoms with Crippen molar-refractivity contribution in [3.05, 3.63) is 29.1 Å². The number of rotatable bonds is 0. The number of aromatic nitrogens is 1. The number of hydrogen-bond donors (Lipinski definition) is 0. The molecule has 1 heterocycles. The van der Waals surface area contributed by atoms with Crippen molar-refractivity contribution in [2.24, 2.45) is 5.92 Å². The Labute approximate surface area is 92.9 Å². The summed E-state index contributed by atoms with van der Waals surface area (Å²) in [6.07, 6.45) is 7.91. The third kappa shape index (κ3) is 2.06. The maximum atomic E-state index is 4.39. The van der Waals surface area contributed by atoms with Gasteiger partial charge in [-0.25, -0.2) is 0 Å². The Morgan fingerprint density at radius 3 is 2.67 bits per heavy atom. The Bertz CT molecular complexity index is 360. The second-order valence-electron chi connectivity index (χ2n) is 5.92. The third-order valence-corrected chi connectivity index (χ3v) is 3.41. The maximum Gasteiger partial charge on any atom is 0.0308 e. The summed E-state index contributed by atoms with van der Waals surface area (Å²) in [6.45, 7) is 9.20. The second-order valence-corrected chi connectivity index (χ2v) is 5.92. The first-order valence-electron chi connectivity index (χ1n) is 5.94. The van der Waals surface area contributed by atoms with Gasteiger partial charge in [0, 0.05) is 12.4 Å². The summed E-state index contributed by atoms with van der Waals surface area (Å²) in [5.74, 6) is 0.834. The number of nitrogens with zero attached hydrogens (tertiary/aromatic N) is 1. The number of pyridine rings is 1. The molecule has 1 unspecified atom stereocenters. The Kier molecular flexibility index (Phi) is 2.57. The predicted octanol–water partition coefficient (Wildman–Crippen LogP) is 3.50. The van der Waals surface area contributed by atoms with E-state index in [0.29, 0.717) is 0 Å². The molecule has 15 heavy (non-hydrogen) atoms. The summed E-state index contributed by atoms with van der Waals surface area (Å²) < 4.78 is 0. The molecule has 0 aromatic carbocycles. The average molecular weight is 203 g/mol. The van der Waals surface area contributed by atoms with Gasteiger partial charge in [-0.3, -0.25) is 4.98 Å². The number of hydrogen-bond acceptors (Lipinski definition) is 1. The van der Waals surface area contributed by atoms with Gasteiger partial charge in [0.15, 0.2) is 0 Å². The Hall–Kier alpha value is -0.850. The highest BCUT2D eigenvalue weighted by atomic mass is 14.6. The molecule has 0 saturated carbocycles. The molecule has 2 rings (SSSR count). The van der Waals surface area contributed by atoms with E-state index in [1.807, 2.05) is 0 Å². The number of aryl methyl sites for hydroxylation is 1. The average Bonchev–Trinajstić information content (AvgIpc) is 2.15. The van der Waals surface area contributed by atoms with E-state index in [1.54, 1.807) is 5.56 Å². The molecule has 1 heteroatoms. The van der Waals surface area contributed by atoms with Gasteiger partial charge in [0.2, 0.25) is 0 Å². The predicted molar refractivity (Wildman–Crippen MR) is 64.1 cm³/mol.